The van der Waals surface area contributed by atoms with Crippen molar-refractivity contribution in [2.75, 3.05) is 19.1 Å². The van der Waals surface area contributed by atoms with E-state index in [1.807, 2.05) is 13.2 Å². The molecule has 1 N–H and O–H groups in total. The maximum absolute atomic E-state index is 12.2. The number of benzene rings is 1. The van der Waals surface area contributed by atoms with Crippen LogP contribution in [0.2, 0.25) is 0 Å². The number of thioether (sulfide) groups is 1. The molecule has 0 radical (unpaired) electrons. The van der Waals surface area contributed by atoms with Crippen molar-refractivity contribution in [2.45, 2.75) is 13.0 Å². The molecule has 1 rings (SSSR count). The number of para-hydroxylation sites is 1. The highest BCUT2D eigenvalue weighted by atomic mass is 32.2. The molecule has 0 heterocycles. The van der Waals surface area contributed by atoms with Crippen LogP contribution in [0.4, 0.5) is 5.69 Å². The molecule has 0 aromatic heterocycles. The van der Waals surface area contributed by atoms with Gasteiger partial charge in [0.1, 0.15) is 0 Å². The normalized spacial score (nSPS) is 11.9. The van der Waals surface area contributed by atoms with Gasteiger partial charge in [-0.25, -0.2) is 0 Å². The van der Waals surface area contributed by atoms with Gasteiger partial charge in [0.05, 0.1) is 10.5 Å². The maximum Gasteiger partial charge on any atom is 0.311 e. The molecule has 0 saturated heterocycles. The Labute approximate surface area is 115 Å². The Morgan fingerprint density at radius 1 is 1.58 bits per heavy atom. The molecule has 104 valence electrons. The number of rotatable bonds is 5. The van der Waals surface area contributed by atoms with Gasteiger partial charge in [-0.05, 0) is 19.2 Å². The second-order valence-electron chi connectivity index (χ2n) is 4.15. The third-order valence-corrected chi connectivity index (χ3v) is 3.65. The minimum atomic E-state index is -0.711. The quantitative estimate of drug-likeness (QED) is 0.661. The molecule has 19 heavy (non-hydrogen) atoms. The molecule has 0 fully saturated rings. The number of phenolic OH excluding ortho intramolecular Hbond substituents is 1. The Kier molecular flexibility index (Phi) is 5.17. The smallest absolute Gasteiger partial charge is 0.311 e. The van der Waals surface area contributed by atoms with Crippen LogP contribution in [0.15, 0.2) is 18.2 Å². The number of hydrogen-bond donors (Lipinski definition) is 1. The number of aromatic hydroxyl groups is 1. The Balaban J connectivity index is 3.06. The second-order valence-corrected chi connectivity index (χ2v) is 5.06. The van der Waals surface area contributed by atoms with Crippen molar-refractivity contribution in [3.63, 3.8) is 0 Å². The van der Waals surface area contributed by atoms with Crippen molar-refractivity contribution in [1.29, 1.82) is 0 Å². The van der Waals surface area contributed by atoms with E-state index >= 15 is 0 Å². The van der Waals surface area contributed by atoms with Crippen LogP contribution in [0.3, 0.4) is 0 Å². The van der Waals surface area contributed by atoms with Crippen LogP contribution in [0.1, 0.15) is 17.3 Å². The largest absolute Gasteiger partial charge is 0.502 e. The zero-order valence-electron chi connectivity index (χ0n) is 11.0. The Hall–Kier alpha value is -1.76. The summed E-state index contributed by atoms with van der Waals surface area (Å²) in [6.07, 6.45) is 1.93. The molecular weight excluding hydrogens is 268 g/mol. The molecule has 1 amide bonds. The summed E-state index contributed by atoms with van der Waals surface area (Å²) in [5, 5.41) is 20.5. The first-order valence-electron chi connectivity index (χ1n) is 5.62. The third-order valence-electron chi connectivity index (χ3n) is 2.83. The lowest BCUT2D eigenvalue weighted by molar-refractivity contribution is -0.385. The van der Waals surface area contributed by atoms with Gasteiger partial charge in [0.25, 0.3) is 5.91 Å². The number of carbonyl (C=O) groups is 1. The van der Waals surface area contributed by atoms with Crippen LogP contribution in [-0.2, 0) is 0 Å². The summed E-state index contributed by atoms with van der Waals surface area (Å²) in [6.45, 7) is 1.88. The fourth-order valence-electron chi connectivity index (χ4n) is 1.59. The van der Waals surface area contributed by atoms with Crippen molar-refractivity contribution in [2.24, 2.45) is 0 Å². The van der Waals surface area contributed by atoms with Gasteiger partial charge in [0.15, 0.2) is 0 Å². The van der Waals surface area contributed by atoms with E-state index < -0.39 is 22.3 Å². The average Bonchev–Trinajstić information content (AvgIpc) is 2.37. The Bertz CT molecular complexity index is 493. The number of hydrogen-bond acceptors (Lipinski definition) is 5. The molecule has 1 aromatic carbocycles. The Morgan fingerprint density at radius 2 is 2.21 bits per heavy atom. The molecule has 0 spiro atoms. The van der Waals surface area contributed by atoms with E-state index in [2.05, 4.69) is 0 Å². The van der Waals surface area contributed by atoms with Crippen LogP contribution in [0.5, 0.6) is 5.75 Å². The van der Waals surface area contributed by atoms with Crippen molar-refractivity contribution < 1.29 is 14.8 Å². The molecule has 1 aromatic rings. The van der Waals surface area contributed by atoms with Crippen LogP contribution < -0.4 is 0 Å². The summed E-state index contributed by atoms with van der Waals surface area (Å²) in [4.78, 5) is 23.7. The van der Waals surface area contributed by atoms with Gasteiger partial charge in [-0.1, -0.05) is 6.07 Å². The molecule has 7 heteroatoms. The van der Waals surface area contributed by atoms with E-state index in [0.717, 1.165) is 11.8 Å². The average molecular weight is 284 g/mol. The summed E-state index contributed by atoms with van der Waals surface area (Å²) in [5.41, 5.74) is -0.513. The standard InChI is InChI=1S/C12H16N2O4S/c1-8(7-19-3)13(2)12(16)9-5-4-6-10(11(9)15)14(17)18/h4-6,8,15H,7H2,1-3H3. The van der Waals surface area contributed by atoms with E-state index in [1.54, 1.807) is 18.8 Å². The highest BCUT2D eigenvalue weighted by Gasteiger charge is 2.24. The lowest BCUT2D eigenvalue weighted by Gasteiger charge is -2.24. The molecule has 0 aliphatic carbocycles. The van der Waals surface area contributed by atoms with Gasteiger partial charge in [0, 0.05) is 24.9 Å². The zero-order chi connectivity index (χ0) is 14.6. The maximum atomic E-state index is 12.2. The summed E-state index contributed by atoms with van der Waals surface area (Å²) < 4.78 is 0. The van der Waals surface area contributed by atoms with E-state index in [1.165, 1.54) is 17.0 Å². The van der Waals surface area contributed by atoms with Gasteiger partial charge < -0.3 is 10.0 Å². The second kappa shape index (κ2) is 6.42. The lowest BCUT2D eigenvalue weighted by Crippen LogP contribution is -2.36. The topological polar surface area (TPSA) is 83.7 Å². The third kappa shape index (κ3) is 3.37. The van der Waals surface area contributed by atoms with Crippen LogP contribution >= 0.6 is 11.8 Å². The number of carbonyl (C=O) groups excluding carboxylic acids is 1. The summed E-state index contributed by atoms with van der Waals surface area (Å²) >= 11 is 1.60. The highest BCUT2D eigenvalue weighted by Crippen LogP contribution is 2.30. The molecular formula is C12H16N2O4S. The molecule has 1 atom stereocenters. The van der Waals surface area contributed by atoms with Crippen LogP contribution in [0, 0.1) is 10.1 Å². The van der Waals surface area contributed by atoms with Gasteiger partial charge in [-0.2, -0.15) is 11.8 Å². The number of amides is 1. The molecule has 0 saturated carbocycles. The van der Waals surface area contributed by atoms with Crippen molar-refractivity contribution >= 4 is 23.4 Å². The predicted molar refractivity (Wildman–Crippen MR) is 74.7 cm³/mol. The molecule has 1 unspecified atom stereocenters. The first-order chi connectivity index (χ1) is 8.90. The van der Waals surface area contributed by atoms with Crippen molar-refractivity contribution in [3.05, 3.63) is 33.9 Å². The van der Waals surface area contributed by atoms with Gasteiger partial charge >= 0.3 is 5.69 Å². The van der Waals surface area contributed by atoms with E-state index in [0.29, 0.717) is 0 Å². The summed E-state index contributed by atoms with van der Waals surface area (Å²) in [5.74, 6) is -0.263. The lowest BCUT2D eigenvalue weighted by atomic mass is 10.1. The number of nitro groups is 1. The number of nitrogens with zero attached hydrogens (tertiary/aromatic N) is 2. The Morgan fingerprint density at radius 3 is 2.74 bits per heavy atom. The number of nitro benzene ring substituents is 1. The van der Waals surface area contributed by atoms with E-state index in [-0.39, 0.29) is 11.6 Å². The minimum absolute atomic E-state index is 0.0267. The molecule has 0 aliphatic rings. The monoisotopic (exact) mass is 284 g/mol. The number of phenols is 1. The molecule has 0 aliphatic heterocycles. The van der Waals surface area contributed by atoms with Crippen LogP contribution in [-0.4, -0.2) is 45.9 Å². The highest BCUT2D eigenvalue weighted by molar-refractivity contribution is 7.98. The summed E-state index contributed by atoms with van der Waals surface area (Å²) in [7, 11) is 1.61. The fraction of sp³-hybridized carbons (Fsp3) is 0.417. The van der Waals surface area contributed by atoms with Gasteiger partial charge in [-0.3, -0.25) is 14.9 Å². The summed E-state index contributed by atoms with van der Waals surface area (Å²) in [6, 6.07) is 3.91. The van der Waals surface area contributed by atoms with E-state index in [4.69, 9.17) is 0 Å². The first kappa shape index (κ1) is 15.3. The molecule has 0 bridgehead atoms. The van der Waals surface area contributed by atoms with Crippen LogP contribution in [0.25, 0.3) is 0 Å². The van der Waals surface area contributed by atoms with Crippen molar-refractivity contribution in [3.8, 4) is 5.75 Å². The van der Waals surface area contributed by atoms with Gasteiger partial charge in [-0.15, -0.1) is 0 Å². The van der Waals surface area contributed by atoms with E-state index in [9.17, 15) is 20.0 Å². The fourth-order valence-corrected chi connectivity index (χ4v) is 2.30. The first-order valence-corrected chi connectivity index (χ1v) is 7.02. The minimum Gasteiger partial charge on any atom is -0.502 e. The van der Waals surface area contributed by atoms with Gasteiger partial charge in [0.2, 0.25) is 5.75 Å². The predicted octanol–water partition coefficient (Wildman–Crippen LogP) is 2.12. The van der Waals surface area contributed by atoms with Crippen molar-refractivity contribution in [1.82, 2.24) is 4.90 Å². The molecule has 6 nitrogen and oxygen atoms in total. The zero-order valence-corrected chi connectivity index (χ0v) is 11.8. The SMILES string of the molecule is CSCC(C)N(C)C(=O)c1cccc([N+](=O)[O-])c1O.